The number of carbonyl (C=O) groups is 3. The maximum atomic E-state index is 13.0. The lowest BCUT2D eigenvalue weighted by Gasteiger charge is -2.13. The number of anilines is 1. The van der Waals surface area contributed by atoms with Gasteiger partial charge in [-0.1, -0.05) is 35.9 Å². The highest BCUT2D eigenvalue weighted by Crippen LogP contribution is 2.36. The lowest BCUT2D eigenvalue weighted by atomic mass is 10.1. The molecule has 3 amide bonds. The average molecular weight is 568 g/mol. The van der Waals surface area contributed by atoms with E-state index >= 15 is 0 Å². The summed E-state index contributed by atoms with van der Waals surface area (Å²) < 4.78 is 11.3. The molecule has 0 aromatic heterocycles. The highest BCUT2D eigenvalue weighted by molar-refractivity contribution is 8.18. The van der Waals surface area contributed by atoms with Crippen LogP contribution < -0.4 is 14.8 Å². The molecule has 0 radical (unpaired) electrons. The topological polar surface area (TPSA) is 128 Å². The minimum Gasteiger partial charge on any atom is -0.490 e. The maximum absolute atomic E-state index is 13.0. The highest BCUT2D eigenvalue weighted by Gasteiger charge is 2.36. The Kier molecular flexibility index (Phi) is 8.84. The van der Waals surface area contributed by atoms with E-state index in [2.05, 4.69) is 5.32 Å². The van der Waals surface area contributed by atoms with Crippen LogP contribution in [0, 0.1) is 10.1 Å². The molecule has 4 rings (SSSR count). The number of nitrogens with one attached hydrogen (secondary N) is 1. The summed E-state index contributed by atoms with van der Waals surface area (Å²) in [5, 5.41) is 14.0. The number of amides is 3. The highest BCUT2D eigenvalue weighted by atomic mass is 35.5. The van der Waals surface area contributed by atoms with E-state index in [1.54, 1.807) is 55.5 Å². The average Bonchev–Trinajstić information content (AvgIpc) is 3.17. The Balaban J connectivity index is 1.46. The lowest BCUT2D eigenvalue weighted by molar-refractivity contribution is -0.385. The van der Waals surface area contributed by atoms with E-state index in [1.165, 1.54) is 24.3 Å². The van der Waals surface area contributed by atoms with Crippen LogP contribution in [0.4, 0.5) is 16.2 Å². The number of nitro benzene ring substituents is 1. The second-order valence-corrected chi connectivity index (χ2v) is 9.57. The van der Waals surface area contributed by atoms with Gasteiger partial charge in [0.25, 0.3) is 22.7 Å². The Morgan fingerprint density at radius 3 is 2.54 bits per heavy atom. The number of hydrogen-bond acceptors (Lipinski definition) is 8. The first-order chi connectivity index (χ1) is 18.7. The van der Waals surface area contributed by atoms with Gasteiger partial charge in [-0.15, -0.1) is 0 Å². The van der Waals surface area contributed by atoms with Crippen molar-refractivity contribution in [1.29, 1.82) is 0 Å². The summed E-state index contributed by atoms with van der Waals surface area (Å²) in [7, 11) is 0. The molecule has 10 nitrogen and oxygen atoms in total. The fourth-order valence-corrected chi connectivity index (χ4v) is 4.62. The van der Waals surface area contributed by atoms with Crippen LogP contribution in [0.5, 0.6) is 11.5 Å². The van der Waals surface area contributed by atoms with Crippen molar-refractivity contribution in [1.82, 2.24) is 4.90 Å². The smallest absolute Gasteiger partial charge is 0.293 e. The molecule has 3 aromatic carbocycles. The molecule has 1 N–H and O–H groups in total. The number of rotatable bonds is 10. The van der Waals surface area contributed by atoms with Crippen LogP contribution in [-0.4, -0.2) is 40.1 Å². The Hall–Kier alpha value is -4.35. The molecular formula is C27H22ClN3O7S. The third kappa shape index (κ3) is 6.95. The van der Waals surface area contributed by atoms with Gasteiger partial charge in [-0.25, -0.2) is 0 Å². The van der Waals surface area contributed by atoms with Crippen LogP contribution in [-0.2, 0) is 16.1 Å². The van der Waals surface area contributed by atoms with E-state index in [-0.39, 0.29) is 35.2 Å². The van der Waals surface area contributed by atoms with E-state index < -0.39 is 16.1 Å². The van der Waals surface area contributed by atoms with Gasteiger partial charge in [0.1, 0.15) is 0 Å². The summed E-state index contributed by atoms with van der Waals surface area (Å²) in [5.74, 6) is -0.258. The van der Waals surface area contributed by atoms with Crippen LogP contribution >= 0.6 is 23.4 Å². The van der Waals surface area contributed by atoms with Gasteiger partial charge in [0.05, 0.1) is 23.0 Å². The van der Waals surface area contributed by atoms with E-state index in [0.717, 1.165) is 16.7 Å². The molecule has 12 heteroatoms. The van der Waals surface area contributed by atoms with Crippen LogP contribution in [0.2, 0.25) is 5.02 Å². The van der Waals surface area contributed by atoms with Crippen molar-refractivity contribution in [3.8, 4) is 11.5 Å². The van der Waals surface area contributed by atoms with E-state index in [9.17, 15) is 24.5 Å². The summed E-state index contributed by atoms with van der Waals surface area (Å²) in [5.41, 5.74) is 1.22. The van der Waals surface area contributed by atoms with Crippen LogP contribution in [0.1, 0.15) is 18.1 Å². The molecule has 0 spiro atoms. The van der Waals surface area contributed by atoms with Crippen LogP contribution in [0.25, 0.3) is 6.08 Å². The molecule has 1 aliphatic rings. The van der Waals surface area contributed by atoms with Gasteiger partial charge in [-0.2, -0.15) is 0 Å². The Labute approximate surface area is 232 Å². The van der Waals surface area contributed by atoms with Gasteiger partial charge in [-0.3, -0.25) is 29.4 Å². The molecule has 0 bridgehead atoms. The third-order valence-electron chi connectivity index (χ3n) is 5.44. The molecule has 0 saturated carbocycles. The van der Waals surface area contributed by atoms with Gasteiger partial charge in [0, 0.05) is 22.3 Å². The number of thioether (sulfide) groups is 1. The Morgan fingerprint density at radius 2 is 1.82 bits per heavy atom. The number of hydrogen-bond donors (Lipinski definition) is 1. The number of benzene rings is 3. The molecule has 1 fully saturated rings. The zero-order valence-electron chi connectivity index (χ0n) is 20.6. The number of ether oxygens (including phenoxy) is 2. The summed E-state index contributed by atoms with van der Waals surface area (Å²) in [6.45, 7) is 1.63. The Bertz CT molecular complexity index is 1460. The van der Waals surface area contributed by atoms with E-state index in [1.807, 2.05) is 0 Å². The number of nitro groups is 1. The van der Waals surface area contributed by atoms with Crippen molar-refractivity contribution in [2.75, 3.05) is 18.5 Å². The number of para-hydroxylation sites is 1. The minimum absolute atomic E-state index is 0.164. The second-order valence-electron chi connectivity index (χ2n) is 8.14. The third-order valence-corrected chi connectivity index (χ3v) is 6.60. The molecule has 0 unspecified atom stereocenters. The molecule has 39 heavy (non-hydrogen) atoms. The lowest BCUT2D eigenvalue weighted by Crippen LogP contribution is -2.27. The second kappa shape index (κ2) is 12.5. The predicted octanol–water partition coefficient (Wildman–Crippen LogP) is 5.90. The van der Waals surface area contributed by atoms with Gasteiger partial charge in [0.15, 0.2) is 18.1 Å². The van der Waals surface area contributed by atoms with Crippen LogP contribution in [0.15, 0.2) is 71.6 Å². The molecule has 0 atom stereocenters. The molecule has 1 saturated heterocycles. The monoisotopic (exact) mass is 567 g/mol. The van der Waals surface area contributed by atoms with Crippen molar-refractivity contribution >= 4 is 57.9 Å². The first kappa shape index (κ1) is 27.7. The summed E-state index contributed by atoms with van der Waals surface area (Å²) in [6.07, 6.45) is 1.53. The molecule has 0 aliphatic carbocycles. The number of imide groups is 1. The minimum atomic E-state index is -0.555. The van der Waals surface area contributed by atoms with Crippen molar-refractivity contribution in [3.63, 3.8) is 0 Å². The van der Waals surface area contributed by atoms with E-state index in [4.69, 9.17) is 21.1 Å². The zero-order chi connectivity index (χ0) is 27.9. The summed E-state index contributed by atoms with van der Waals surface area (Å²) in [4.78, 5) is 49.7. The number of halogens is 1. The molecule has 200 valence electrons. The van der Waals surface area contributed by atoms with Crippen molar-refractivity contribution in [3.05, 3.63) is 97.9 Å². The fraction of sp³-hybridized carbons (Fsp3) is 0.148. The van der Waals surface area contributed by atoms with Gasteiger partial charge >= 0.3 is 0 Å². The molecule has 3 aromatic rings. The maximum Gasteiger partial charge on any atom is 0.293 e. The van der Waals surface area contributed by atoms with Crippen molar-refractivity contribution in [2.45, 2.75) is 13.5 Å². The predicted molar refractivity (Wildman–Crippen MR) is 148 cm³/mol. The molecular weight excluding hydrogens is 546 g/mol. The standard InChI is InChI=1S/C27H22ClN3O7S/c1-2-37-23-13-17(7-12-22(23)38-16-25(32)29-20-10-8-19(28)9-11-20)14-24-26(33)30(27(34)39-24)15-18-5-3-4-6-21(18)31(35)36/h3-14H,2,15-16H2,1H3,(H,29,32)/b24-14-. The van der Waals surface area contributed by atoms with E-state index in [0.29, 0.717) is 34.4 Å². The van der Waals surface area contributed by atoms with Crippen molar-refractivity contribution in [2.24, 2.45) is 0 Å². The van der Waals surface area contributed by atoms with Gasteiger partial charge in [-0.05, 0) is 66.7 Å². The SMILES string of the molecule is CCOc1cc(/C=C2\SC(=O)N(Cc3ccccc3[N+](=O)[O-])C2=O)ccc1OCC(=O)Nc1ccc(Cl)cc1. The van der Waals surface area contributed by atoms with Gasteiger partial charge < -0.3 is 14.8 Å². The number of nitrogens with zero attached hydrogens (tertiary/aromatic N) is 2. The summed E-state index contributed by atoms with van der Waals surface area (Å²) >= 11 is 6.60. The summed E-state index contributed by atoms with van der Waals surface area (Å²) in [6, 6.07) is 17.5. The largest absolute Gasteiger partial charge is 0.490 e. The Morgan fingerprint density at radius 1 is 1.08 bits per heavy atom. The van der Waals surface area contributed by atoms with Crippen molar-refractivity contribution < 1.29 is 28.8 Å². The first-order valence-corrected chi connectivity index (χ1v) is 12.9. The normalized spacial score (nSPS) is 14.0. The molecule has 1 heterocycles. The molecule has 1 aliphatic heterocycles. The first-order valence-electron chi connectivity index (χ1n) is 11.7. The number of carbonyl (C=O) groups excluding carboxylic acids is 3. The van der Waals surface area contributed by atoms with Crippen LogP contribution in [0.3, 0.4) is 0 Å². The van der Waals surface area contributed by atoms with Gasteiger partial charge in [0.2, 0.25) is 0 Å². The zero-order valence-corrected chi connectivity index (χ0v) is 22.2. The fourth-order valence-electron chi connectivity index (χ4n) is 3.66. The quantitative estimate of drug-likeness (QED) is 0.182.